The van der Waals surface area contributed by atoms with Gasteiger partial charge in [0.2, 0.25) is 0 Å². The Hall–Kier alpha value is -3.65. The Morgan fingerprint density at radius 3 is 2.46 bits per heavy atom. The summed E-state index contributed by atoms with van der Waals surface area (Å²) in [6, 6.07) is 21.3. The lowest BCUT2D eigenvalue weighted by atomic mass is 9.95. The van der Waals surface area contributed by atoms with Gasteiger partial charge in [-0.2, -0.15) is 0 Å². The number of carbonyl (C=O) groups excluding carboxylic acids is 2. The van der Waals surface area contributed by atoms with E-state index in [-0.39, 0.29) is 11.3 Å². The molecule has 3 aromatic carbocycles. The summed E-state index contributed by atoms with van der Waals surface area (Å²) in [7, 11) is 0. The SMILES string of the molecule is Cc1cccc(COc2ccc(/C(O)=C3\C(=O)C(=O)N(CCN4CCOCC4)C3c3cccc(Cl)c3)cc2)c1. The summed E-state index contributed by atoms with van der Waals surface area (Å²) in [6.45, 7) is 6.20. The monoisotopic (exact) mass is 546 g/mol. The molecule has 8 heteroatoms. The summed E-state index contributed by atoms with van der Waals surface area (Å²) in [5, 5.41) is 11.8. The lowest BCUT2D eigenvalue weighted by Gasteiger charge is -2.31. The Labute approximate surface area is 233 Å². The Balaban J connectivity index is 1.41. The molecule has 2 fully saturated rings. The summed E-state index contributed by atoms with van der Waals surface area (Å²) in [5.41, 5.74) is 3.37. The predicted octanol–water partition coefficient (Wildman–Crippen LogP) is 4.98. The lowest BCUT2D eigenvalue weighted by Crippen LogP contribution is -2.42. The van der Waals surface area contributed by atoms with Gasteiger partial charge < -0.3 is 19.5 Å². The van der Waals surface area contributed by atoms with Crippen LogP contribution in [0.1, 0.15) is 28.3 Å². The van der Waals surface area contributed by atoms with Crippen LogP contribution in [0.25, 0.3) is 5.76 Å². The zero-order valence-corrected chi connectivity index (χ0v) is 22.6. The maximum absolute atomic E-state index is 13.3. The molecule has 2 saturated heterocycles. The van der Waals surface area contributed by atoms with Crippen molar-refractivity contribution in [3.63, 3.8) is 0 Å². The molecule has 2 aliphatic heterocycles. The highest BCUT2D eigenvalue weighted by Gasteiger charge is 2.46. The van der Waals surface area contributed by atoms with Crippen molar-refractivity contribution in [3.8, 4) is 5.75 Å². The number of halogens is 1. The van der Waals surface area contributed by atoms with Gasteiger partial charge in [-0.15, -0.1) is 0 Å². The third-order valence-corrected chi connectivity index (χ3v) is 7.32. The number of hydrogen-bond acceptors (Lipinski definition) is 6. The van der Waals surface area contributed by atoms with E-state index in [9.17, 15) is 14.7 Å². The van der Waals surface area contributed by atoms with E-state index in [1.807, 2.05) is 31.2 Å². The molecule has 0 aromatic heterocycles. The average Bonchev–Trinajstić information content (AvgIpc) is 3.20. The van der Waals surface area contributed by atoms with Crippen molar-refractivity contribution in [2.24, 2.45) is 0 Å². The molecular formula is C31H31ClN2O5. The Morgan fingerprint density at radius 2 is 1.74 bits per heavy atom. The van der Waals surface area contributed by atoms with Crippen molar-refractivity contribution < 1.29 is 24.2 Å². The normalized spacial score (nSPS) is 19.4. The summed E-state index contributed by atoms with van der Waals surface area (Å²) in [4.78, 5) is 30.3. The summed E-state index contributed by atoms with van der Waals surface area (Å²) >= 11 is 6.28. The number of amides is 1. The minimum atomic E-state index is -0.748. The first-order chi connectivity index (χ1) is 18.9. The number of ether oxygens (including phenoxy) is 2. The molecule has 5 rings (SSSR count). The van der Waals surface area contributed by atoms with Gasteiger partial charge in [0.15, 0.2) is 0 Å². The van der Waals surface area contributed by atoms with Crippen LogP contribution in [-0.2, 0) is 20.9 Å². The summed E-state index contributed by atoms with van der Waals surface area (Å²) in [5.74, 6) is -0.935. The number of hydrogen-bond donors (Lipinski definition) is 1. The van der Waals surface area contributed by atoms with E-state index in [0.29, 0.717) is 54.8 Å². The molecule has 0 saturated carbocycles. The van der Waals surface area contributed by atoms with E-state index in [1.165, 1.54) is 4.90 Å². The molecule has 39 heavy (non-hydrogen) atoms. The fourth-order valence-corrected chi connectivity index (χ4v) is 5.24. The molecule has 0 radical (unpaired) electrons. The number of aliphatic hydroxyl groups is 1. The number of ketones is 1. The van der Waals surface area contributed by atoms with E-state index in [2.05, 4.69) is 11.0 Å². The van der Waals surface area contributed by atoms with Crippen LogP contribution in [0.15, 0.2) is 78.4 Å². The number of aliphatic hydroxyl groups excluding tert-OH is 1. The number of carbonyl (C=O) groups is 2. The van der Waals surface area contributed by atoms with Crippen molar-refractivity contribution in [1.29, 1.82) is 0 Å². The molecule has 0 aliphatic carbocycles. The number of Topliss-reactive ketones (excluding diaryl/α,β-unsaturated/α-hetero) is 1. The van der Waals surface area contributed by atoms with E-state index in [4.69, 9.17) is 21.1 Å². The van der Waals surface area contributed by atoms with E-state index in [1.54, 1.807) is 42.5 Å². The standard InChI is InChI=1S/C31H31ClN2O5/c1-21-4-2-5-22(18-21)20-39-26-10-8-23(9-11-26)29(35)27-28(24-6-3-7-25(32)19-24)34(31(37)30(27)36)13-12-33-14-16-38-17-15-33/h2-11,18-19,28,35H,12-17,20H2,1H3/b29-27+. The maximum atomic E-state index is 13.3. The third-order valence-electron chi connectivity index (χ3n) is 7.08. The highest BCUT2D eigenvalue weighted by atomic mass is 35.5. The van der Waals surface area contributed by atoms with Gasteiger partial charge in [-0.25, -0.2) is 0 Å². The van der Waals surface area contributed by atoms with Crippen molar-refractivity contribution >= 4 is 29.1 Å². The molecule has 7 nitrogen and oxygen atoms in total. The Bertz CT molecular complexity index is 1380. The van der Waals surface area contributed by atoms with Crippen LogP contribution in [0.5, 0.6) is 5.75 Å². The highest BCUT2D eigenvalue weighted by Crippen LogP contribution is 2.40. The van der Waals surface area contributed by atoms with Crippen molar-refractivity contribution in [2.45, 2.75) is 19.6 Å². The van der Waals surface area contributed by atoms with Crippen LogP contribution in [0, 0.1) is 6.92 Å². The smallest absolute Gasteiger partial charge is 0.295 e. The van der Waals surface area contributed by atoms with Crippen molar-refractivity contribution in [3.05, 3.63) is 106 Å². The fourth-order valence-electron chi connectivity index (χ4n) is 5.04. The molecule has 202 valence electrons. The quantitative estimate of drug-likeness (QED) is 0.244. The number of benzene rings is 3. The first-order valence-electron chi connectivity index (χ1n) is 13.0. The number of nitrogens with zero attached hydrogens (tertiary/aromatic N) is 2. The van der Waals surface area contributed by atoms with Gasteiger partial charge in [0.25, 0.3) is 11.7 Å². The number of morpholine rings is 1. The molecule has 1 N–H and O–H groups in total. The summed E-state index contributed by atoms with van der Waals surface area (Å²) < 4.78 is 11.3. The van der Waals surface area contributed by atoms with Crippen LogP contribution in [-0.4, -0.2) is 66.0 Å². The van der Waals surface area contributed by atoms with Gasteiger partial charge >= 0.3 is 0 Å². The Kier molecular flexibility index (Phi) is 8.31. The largest absolute Gasteiger partial charge is 0.507 e. The second-order valence-electron chi connectivity index (χ2n) is 9.80. The van der Waals surface area contributed by atoms with Crippen molar-refractivity contribution in [1.82, 2.24) is 9.80 Å². The lowest BCUT2D eigenvalue weighted by molar-refractivity contribution is -0.140. The van der Waals surface area contributed by atoms with E-state index < -0.39 is 17.7 Å². The highest BCUT2D eigenvalue weighted by molar-refractivity contribution is 6.46. The molecule has 2 heterocycles. The predicted molar refractivity (Wildman–Crippen MR) is 150 cm³/mol. The molecule has 3 aromatic rings. The number of aryl methyl sites for hydroxylation is 1. The summed E-state index contributed by atoms with van der Waals surface area (Å²) in [6.07, 6.45) is 0. The van der Waals surface area contributed by atoms with Crippen LogP contribution >= 0.6 is 11.6 Å². The molecule has 1 amide bonds. The topological polar surface area (TPSA) is 79.3 Å². The number of rotatable bonds is 8. The molecule has 1 unspecified atom stereocenters. The van der Waals surface area contributed by atoms with Crippen molar-refractivity contribution in [2.75, 3.05) is 39.4 Å². The molecule has 2 aliphatic rings. The van der Waals surface area contributed by atoms with Gasteiger partial charge in [0.05, 0.1) is 24.8 Å². The second-order valence-corrected chi connectivity index (χ2v) is 10.2. The molecule has 0 spiro atoms. The van der Waals surface area contributed by atoms with Gasteiger partial charge in [-0.1, -0.05) is 53.6 Å². The zero-order chi connectivity index (χ0) is 27.4. The van der Waals surface area contributed by atoms with Gasteiger partial charge in [0, 0.05) is 36.8 Å². The zero-order valence-electron chi connectivity index (χ0n) is 21.8. The van der Waals surface area contributed by atoms with Crippen LogP contribution in [0.4, 0.5) is 0 Å². The van der Waals surface area contributed by atoms with Gasteiger partial charge in [-0.3, -0.25) is 14.5 Å². The van der Waals surface area contributed by atoms with Crippen LogP contribution in [0.2, 0.25) is 5.02 Å². The molecule has 0 bridgehead atoms. The first-order valence-corrected chi connectivity index (χ1v) is 13.4. The van der Waals surface area contributed by atoms with Crippen LogP contribution < -0.4 is 4.74 Å². The average molecular weight is 547 g/mol. The molecule has 1 atom stereocenters. The minimum absolute atomic E-state index is 0.0534. The van der Waals surface area contributed by atoms with Gasteiger partial charge in [0.1, 0.15) is 18.1 Å². The minimum Gasteiger partial charge on any atom is -0.507 e. The van der Waals surface area contributed by atoms with E-state index >= 15 is 0 Å². The molecular weight excluding hydrogens is 516 g/mol. The fraction of sp³-hybridized carbons (Fsp3) is 0.290. The van der Waals surface area contributed by atoms with E-state index in [0.717, 1.165) is 24.2 Å². The Morgan fingerprint density at radius 1 is 1.00 bits per heavy atom. The maximum Gasteiger partial charge on any atom is 0.295 e. The third kappa shape index (κ3) is 6.17. The second kappa shape index (κ2) is 12.0. The van der Waals surface area contributed by atoms with Crippen LogP contribution in [0.3, 0.4) is 0 Å². The van der Waals surface area contributed by atoms with Gasteiger partial charge in [-0.05, 0) is 54.4 Å². The number of likely N-dealkylation sites (tertiary alicyclic amines) is 1. The first kappa shape index (κ1) is 26.9.